The average Bonchev–Trinajstić information content (AvgIpc) is 2.71. The molecule has 0 saturated carbocycles. The van der Waals surface area contributed by atoms with Crippen LogP contribution in [0.25, 0.3) is 22.3 Å². The van der Waals surface area contributed by atoms with Crippen molar-refractivity contribution in [1.82, 2.24) is 0 Å². The maximum atomic E-state index is 8.52. The molecule has 0 unspecified atom stereocenters. The average molecular weight is 294 g/mol. The van der Waals surface area contributed by atoms with Gasteiger partial charge in [0.1, 0.15) is 0 Å². The topological polar surface area (TPSA) is 0 Å². The SMILES string of the molecule is [2H]c1cc(-c2cccc(-c3c([2H])c([2H])c([2H])c(C)c3[2H])c2C(C)C)c([2H])c([2H])c1[2H]. The summed E-state index contributed by atoms with van der Waals surface area (Å²) < 4.78 is 65.2. The van der Waals surface area contributed by atoms with E-state index in [1.54, 1.807) is 25.1 Å². The van der Waals surface area contributed by atoms with E-state index in [0.29, 0.717) is 22.3 Å². The van der Waals surface area contributed by atoms with Crippen molar-refractivity contribution in [2.75, 3.05) is 0 Å². The second kappa shape index (κ2) is 6.19. The lowest BCUT2D eigenvalue weighted by atomic mass is 9.85. The van der Waals surface area contributed by atoms with Gasteiger partial charge in [0.25, 0.3) is 0 Å². The van der Waals surface area contributed by atoms with E-state index in [9.17, 15) is 0 Å². The molecule has 0 aromatic heterocycles. The molecule has 3 rings (SSSR count). The molecule has 3 aromatic carbocycles. The molecule has 0 radical (unpaired) electrons. The van der Waals surface area contributed by atoms with Gasteiger partial charge in [-0.05, 0) is 40.7 Å². The van der Waals surface area contributed by atoms with Gasteiger partial charge in [-0.25, -0.2) is 0 Å². The lowest BCUT2D eigenvalue weighted by molar-refractivity contribution is 0.871. The van der Waals surface area contributed by atoms with E-state index >= 15 is 0 Å². The summed E-state index contributed by atoms with van der Waals surface area (Å²) in [6, 6.07) is 5.23. The summed E-state index contributed by atoms with van der Waals surface area (Å²) in [5, 5.41) is 0. The molecule has 0 spiro atoms. The molecule has 0 nitrogen and oxygen atoms in total. The minimum absolute atomic E-state index is 0.0232. The fourth-order valence-electron chi connectivity index (χ4n) is 2.64. The maximum Gasteiger partial charge on any atom is 0.0632 e. The summed E-state index contributed by atoms with van der Waals surface area (Å²) in [7, 11) is 0. The van der Waals surface area contributed by atoms with Crippen molar-refractivity contribution in [2.45, 2.75) is 26.7 Å². The normalized spacial score (nSPS) is 16.0. The zero-order valence-electron chi connectivity index (χ0n) is 20.9. The van der Waals surface area contributed by atoms with Crippen molar-refractivity contribution < 1.29 is 11.0 Å². The van der Waals surface area contributed by atoms with Gasteiger partial charge >= 0.3 is 0 Å². The summed E-state index contributed by atoms with van der Waals surface area (Å²) in [5.41, 5.74) is 2.85. The molecule has 0 aliphatic carbocycles. The van der Waals surface area contributed by atoms with Crippen molar-refractivity contribution in [3.63, 3.8) is 0 Å². The molecule has 0 heteroatoms. The quantitative estimate of drug-likeness (QED) is 0.520. The standard InChI is InChI=1S/C22H22/c1-16(2)22-20(18-10-5-4-6-11-18)13-8-14-21(22)19-12-7-9-17(3)15-19/h4-16H,1-3H3/i4D,5D,6D,7D,9D,10D,12D,15D. The van der Waals surface area contributed by atoms with Gasteiger partial charge in [-0.3, -0.25) is 0 Å². The van der Waals surface area contributed by atoms with Gasteiger partial charge in [-0.2, -0.15) is 0 Å². The van der Waals surface area contributed by atoms with Crippen LogP contribution in [0.3, 0.4) is 0 Å². The van der Waals surface area contributed by atoms with Gasteiger partial charge in [0, 0.05) is 0 Å². The summed E-state index contributed by atoms with van der Waals surface area (Å²) in [6.45, 7) is 5.47. The fourth-order valence-corrected chi connectivity index (χ4v) is 2.64. The van der Waals surface area contributed by atoms with Gasteiger partial charge in [0.15, 0.2) is 0 Å². The molecule has 0 aliphatic heterocycles. The lowest BCUT2D eigenvalue weighted by Gasteiger charge is -2.19. The summed E-state index contributed by atoms with van der Waals surface area (Å²) in [6.07, 6.45) is 0. The second-order valence-corrected chi connectivity index (χ2v) is 5.50. The highest BCUT2D eigenvalue weighted by atomic mass is 14.2. The molecule has 0 atom stereocenters. The third kappa shape index (κ3) is 2.82. The summed E-state index contributed by atoms with van der Waals surface area (Å²) in [5.74, 6) is -0.0846. The Bertz CT molecular complexity index is 1140. The molecule has 0 saturated heterocycles. The van der Waals surface area contributed by atoms with E-state index in [-0.39, 0.29) is 59.8 Å². The van der Waals surface area contributed by atoms with Crippen LogP contribution in [-0.2, 0) is 0 Å². The van der Waals surface area contributed by atoms with Gasteiger partial charge in [0.2, 0.25) is 0 Å². The third-order valence-electron chi connectivity index (χ3n) is 3.54. The number of benzene rings is 3. The first-order chi connectivity index (χ1) is 14.0. The molecule has 0 aliphatic rings. The van der Waals surface area contributed by atoms with Crippen molar-refractivity contribution in [1.29, 1.82) is 0 Å². The van der Waals surface area contributed by atoms with Crippen LogP contribution in [0.5, 0.6) is 0 Å². The number of hydrogen-bond donors (Lipinski definition) is 0. The predicted molar refractivity (Wildman–Crippen MR) is 96.1 cm³/mol. The Kier molecular flexibility index (Phi) is 2.19. The van der Waals surface area contributed by atoms with Crippen LogP contribution in [0.2, 0.25) is 0 Å². The van der Waals surface area contributed by atoms with E-state index in [2.05, 4.69) is 0 Å². The van der Waals surface area contributed by atoms with Crippen molar-refractivity contribution in [3.8, 4) is 22.3 Å². The van der Waals surface area contributed by atoms with E-state index in [1.807, 2.05) is 13.8 Å². The molecule has 0 N–H and O–H groups in total. The molecular formula is C22H22. The molecule has 0 fully saturated rings. The first-order valence-corrected chi connectivity index (χ1v) is 7.26. The molecule has 0 amide bonds. The zero-order valence-corrected chi connectivity index (χ0v) is 12.9. The van der Waals surface area contributed by atoms with Crippen LogP contribution < -0.4 is 0 Å². The molecule has 22 heavy (non-hydrogen) atoms. The second-order valence-electron chi connectivity index (χ2n) is 5.50. The van der Waals surface area contributed by atoms with Crippen LogP contribution in [-0.4, -0.2) is 0 Å². The van der Waals surface area contributed by atoms with E-state index < -0.39 is 0 Å². The highest BCUT2D eigenvalue weighted by Gasteiger charge is 2.14. The molecular weight excluding hydrogens is 264 g/mol. The highest BCUT2D eigenvalue weighted by Crippen LogP contribution is 2.37. The van der Waals surface area contributed by atoms with Gasteiger partial charge in [-0.15, -0.1) is 0 Å². The number of hydrogen-bond acceptors (Lipinski definition) is 0. The van der Waals surface area contributed by atoms with Crippen LogP contribution in [0.4, 0.5) is 0 Å². The Morgan fingerprint density at radius 3 is 2.32 bits per heavy atom. The van der Waals surface area contributed by atoms with Gasteiger partial charge < -0.3 is 0 Å². The van der Waals surface area contributed by atoms with E-state index in [4.69, 9.17) is 11.0 Å². The van der Waals surface area contributed by atoms with Crippen LogP contribution in [0.1, 0.15) is 41.9 Å². The monoisotopic (exact) mass is 294 g/mol. The van der Waals surface area contributed by atoms with E-state index in [1.165, 1.54) is 6.07 Å². The van der Waals surface area contributed by atoms with Crippen LogP contribution in [0.15, 0.2) is 72.6 Å². The van der Waals surface area contributed by atoms with Crippen molar-refractivity contribution >= 4 is 0 Å². The fraction of sp³-hybridized carbons (Fsp3) is 0.182. The summed E-state index contributed by atoms with van der Waals surface area (Å²) in [4.78, 5) is 0. The predicted octanol–water partition coefficient (Wildman–Crippen LogP) is 6.45. The minimum atomic E-state index is -0.317. The summed E-state index contributed by atoms with van der Waals surface area (Å²) >= 11 is 0. The van der Waals surface area contributed by atoms with Gasteiger partial charge in [0.05, 0.1) is 11.0 Å². The Morgan fingerprint density at radius 2 is 1.55 bits per heavy atom. The Balaban J connectivity index is 2.44. The van der Waals surface area contributed by atoms with Crippen molar-refractivity contribution in [2.24, 2.45) is 0 Å². The van der Waals surface area contributed by atoms with E-state index in [0.717, 1.165) is 5.56 Å². The Labute approximate surface area is 144 Å². The largest absolute Gasteiger partial charge is 0.0632 e. The Hall–Kier alpha value is -2.34. The molecule has 110 valence electrons. The first kappa shape index (κ1) is 7.78. The third-order valence-corrected chi connectivity index (χ3v) is 3.54. The molecule has 0 heterocycles. The number of rotatable bonds is 3. The van der Waals surface area contributed by atoms with Gasteiger partial charge in [-0.1, -0.05) is 92.0 Å². The zero-order chi connectivity index (χ0) is 22.5. The first-order valence-electron chi connectivity index (χ1n) is 11.3. The molecule has 0 bridgehead atoms. The highest BCUT2D eigenvalue weighted by molar-refractivity contribution is 5.79. The minimum Gasteiger partial charge on any atom is -0.0622 e. The Morgan fingerprint density at radius 1 is 0.818 bits per heavy atom. The van der Waals surface area contributed by atoms with Crippen molar-refractivity contribution in [3.05, 3.63) is 83.7 Å². The van der Waals surface area contributed by atoms with Crippen LogP contribution >= 0.6 is 0 Å². The maximum absolute atomic E-state index is 8.52. The lowest BCUT2D eigenvalue weighted by Crippen LogP contribution is -1.97. The van der Waals surface area contributed by atoms with Crippen LogP contribution in [0, 0.1) is 6.92 Å². The molecule has 3 aromatic rings. The smallest absolute Gasteiger partial charge is 0.0622 e.